The molecule has 0 saturated heterocycles. The van der Waals surface area contributed by atoms with Gasteiger partial charge in [0.1, 0.15) is 5.82 Å². The van der Waals surface area contributed by atoms with Gasteiger partial charge in [-0.1, -0.05) is 30.3 Å². The molecule has 0 aliphatic carbocycles. The maximum Gasteiger partial charge on any atom is 0.255 e. The van der Waals surface area contributed by atoms with Crippen LogP contribution < -0.4 is 10.6 Å². The number of hydrogen-bond donors (Lipinski definition) is 2. The molecule has 4 nitrogen and oxygen atoms in total. The van der Waals surface area contributed by atoms with Gasteiger partial charge in [-0.2, -0.15) is 0 Å². The number of rotatable bonds is 5. The number of carbonyl (C=O) groups excluding carboxylic acids is 2. The number of benzene rings is 3. The van der Waals surface area contributed by atoms with E-state index in [9.17, 15) is 14.0 Å². The van der Waals surface area contributed by atoms with Crippen molar-refractivity contribution < 1.29 is 14.0 Å². The second-order valence-electron chi connectivity index (χ2n) is 6.15. The lowest BCUT2D eigenvalue weighted by Crippen LogP contribution is -2.23. The Morgan fingerprint density at radius 2 is 1.52 bits per heavy atom. The zero-order chi connectivity index (χ0) is 19.2. The summed E-state index contributed by atoms with van der Waals surface area (Å²) in [6.07, 6.45) is 0. The van der Waals surface area contributed by atoms with E-state index < -0.39 is 5.82 Å². The number of anilines is 1. The van der Waals surface area contributed by atoms with Crippen molar-refractivity contribution in [3.8, 4) is 0 Å². The number of aryl methyl sites for hydroxylation is 1. The minimum atomic E-state index is -0.423. The molecule has 136 valence electrons. The van der Waals surface area contributed by atoms with Crippen molar-refractivity contribution in [3.05, 3.63) is 101 Å². The van der Waals surface area contributed by atoms with Crippen LogP contribution in [0.3, 0.4) is 0 Å². The Bertz CT molecular complexity index is 968. The summed E-state index contributed by atoms with van der Waals surface area (Å²) in [5.41, 5.74) is 3.39. The summed E-state index contributed by atoms with van der Waals surface area (Å²) in [6.45, 7) is 2.43. The standard InChI is InChI=1S/C22H19FN2O2/c1-15-5-2-3-6-18(15)14-24-21(26)16-9-11-17(12-10-16)22(27)25-20-8-4-7-19(23)13-20/h2-13H,14H2,1H3,(H,24,26)(H,25,27). The number of hydrogen-bond acceptors (Lipinski definition) is 2. The van der Waals surface area contributed by atoms with E-state index in [2.05, 4.69) is 10.6 Å². The molecule has 0 aliphatic heterocycles. The zero-order valence-corrected chi connectivity index (χ0v) is 14.8. The quantitative estimate of drug-likeness (QED) is 0.710. The number of nitrogens with one attached hydrogen (secondary N) is 2. The summed E-state index contributed by atoms with van der Waals surface area (Å²) < 4.78 is 13.2. The molecule has 0 unspecified atom stereocenters. The summed E-state index contributed by atoms with van der Waals surface area (Å²) in [5.74, 6) is -1.00. The van der Waals surface area contributed by atoms with Crippen molar-refractivity contribution in [2.24, 2.45) is 0 Å². The maximum atomic E-state index is 13.2. The Kier molecular flexibility index (Phi) is 5.61. The molecule has 3 rings (SSSR count). The SMILES string of the molecule is Cc1ccccc1CNC(=O)c1ccc(C(=O)Nc2cccc(F)c2)cc1. The molecule has 27 heavy (non-hydrogen) atoms. The summed E-state index contributed by atoms with van der Waals surface area (Å²) in [7, 11) is 0. The zero-order valence-electron chi connectivity index (χ0n) is 14.8. The molecule has 0 aromatic heterocycles. The van der Waals surface area contributed by atoms with E-state index in [4.69, 9.17) is 0 Å². The highest BCUT2D eigenvalue weighted by atomic mass is 19.1. The largest absolute Gasteiger partial charge is 0.348 e. The first kappa shape index (κ1) is 18.3. The topological polar surface area (TPSA) is 58.2 Å². The van der Waals surface area contributed by atoms with E-state index in [0.717, 1.165) is 11.1 Å². The molecule has 0 spiro atoms. The molecule has 5 heteroatoms. The first-order valence-electron chi connectivity index (χ1n) is 8.52. The smallest absolute Gasteiger partial charge is 0.255 e. The van der Waals surface area contributed by atoms with Gasteiger partial charge in [0.2, 0.25) is 0 Å². The molecular weight excluding hydrogens is 343 g/mol. The van der Waals surface area contributed by atoms with E-state index >= 15 is 0 Å². The summed E-state index contributed by atoms with van der Waals surface area (Å²) >= 11 is 0. The second kappa shape index (κ2) is 8.27. The van der Waals surface area contributed by atoms with Crippen molar-refractivity contribution in [2.75, 3.05) is 5.32 Å². The molecule has 0 atom stereocenters. The van der Waals surface area contributed by atoms with Crippen LogP contribution in [0.1, 0.15) is 31.8 Å². The third-order valence-corrected chi connectivity index (χ3v) is 4.19. The molecule has 0 bridgehead atoms. The predicted octanol–water partition coefficient (Wildman–Crippen LogP) is 4.32. The molecule has 0 radical (unpaired) electrons. The molecule has 0 heterocycles. The van der Waals surface area contributed by atoms with E-state index in [-0.39, 0.29) is 11.8 Å². The van der Waals surface area contributed by atoms with Gasteiger partial charge in [0.15, 0.2) is 0 Å². The van der Waals surface area contributed by atoms with Crippen LogP contribution in [-0.4, -0.2) is 11.8 Å². The van der Waals surface area contributed by atoms with Gasteiger partial charge in [-0.15, -0.1) is 0 Å². The van der Waals surface area contributed by atoms with Crippen LogP contribution >= 0.6 is 0 Å². The molecule has 2 amide bonds. The van der Waals surface area contributed by atoms with E-state index in [1.807, 2.05) is 31.2 Å². The van der Waals surface area contributed by atoms with Gasteiger partial charge in [0, 0.05) is 23.4 Å². The fourth-order valence-corrected chi connectivity index (χ4v) is 2.63. The fraction of sp³-hybridized carbons (Fsp3) is 0.0909. The lowest BCUT2D eigenvalue weighted by atomic mass is 10.1. The summed E-state index contributed by atoms with van der Waals surface area (Å²) in [5, 5.41) is 5.49. The number of amides is 2. The monoisotopic (exact) mass is 362 g/mol. The maximum absolute atomic E-state index is 13.2. The first-order chi connectivity index (χ1) is 13.0. The lowest BCUT2D eigenvalue weighted by Gasteiger charge is -2.09. The Labute approximate surface area is 157 Å². The van der Waals surface area contributed by atoms with Crippen molar-refractivity contribution in [3.63, 3.8) is 0 Å². The third kappa shape index (κ3) is 4.79. The molecule has 0 saturated carbocycles. The van der Waals surface area contributed by atoms with Gasteiger partial charge in [-0.05, 0) is 60.5 Å². The van der Waals surface area contributed by atoms with Gasteiger partial charge < -0.3 is 10.6 Å². The Balaban J connectivity index is 1.61. The number of halogens is 1. The average Bonchev–Trinajstić information content (AvgIpc) is 2.67. The molecule has 2 N–H and O–H groups in total. The molecule has 0 fully saturated rings. The van der Waals surface area contributed by atoms with Gasteiger partial charge in [0.25, 0.3) is 11.8 Å². The van der Waals surface area contributed by atoms with Gasteiger partial charge in [-0.3, -0.25) is 9.59 Å². The van der Waals surface area contributed by atoms with Crippen molar-refractivity contribution in [2.45, 2.75) is 13.5 Å². The van der Waals surface area contributed by atoms with E-state index in [1.54, 1.807) is 30.3 Å². The average molecular weight is 362 g/mol. The van der Waals surface area contributed by atoms with Crippen molar-refractivity contribution in [1.82, 2.24) is 5.32 Å². The third-order valence-electron chi connectivity index (χ3n) is 4.19. The van der Waals surface area contributed by atoms with Crippen molar-refractivity contribution in [1.29, 1.82) is 0 Å². The van der Waals surface area contributed by atoms with Crippen LogP contribution in [0.15, 0.2) is 72.8 Å². The lowest BCUT2D eigenvalue weighted by molar-refractivity contribution is 0.0949. The minimum absolute atomic E-state index is 0.213. The Morgan fingerprint density at radius 1 is 0.852 bits per heavy atom. The summed E-state index contributed by atoms with van der Waals surface area (Å²) in [6, 6.07) is 19.8. The minimum Gasteiger partial charge on any atom is -0.348 e. The van der Waals surface area contributed by atoms with Crippen LogP contribution in [0.4, 0.5) is 10.1 Å². The normalized spacial score (nSPS) is 10.3. The van der Waals surface area contributed by atoms with Crippen LogP contribution in [0.5, 0.6) is 0 Å². The van der Waals surface area contributed by atoms with Gasteiger partial charge in [0.05, 0.1) is 0 Å². The van der Waals surface area contributed by atoms with Gasteiger partial charge >= 0.3 is 0 Å². The van der Waals surface area contributed by atoms with Crippen molar-refractivity contribution >= 4 is 17.5 Å². The summed E-state index contributed by atoms with van der Waals surface area (Å²) in [4.78, 5) is 24.5. The molecule has 0 aliphatic rings. The molecule has 3 aromatic rings. The van der Waals surface area contributed by atoms with Gasteiger partial charge in [-0.25, -0.2) is 4.39 Å². The highest BCUT2D eigenvalue weighted by molar-refractivity contribution is 6.05. The van der Waals surface area contributed by atoms with Crippen LogP contribution in [0, 0.1) is 12.7 Å². The van der Waals surface area contributed by atoms with Crippen LogP contribution in [0.25, 0.3) is 0 Å². The second-order valence-corrected chi connectivity index (χ2v) is 6.15. The number of carbonyl (C=O) groups is 2. The molecular formula is C22H19FN2O2. The first-order valence-corrected chi connectivity index (χ1v) is 8.52. The highest BCUT2D eigenvalue weighted by Crippen LogP contribution is 2.12. The Morgan fingerprint density at radius 3 is 2.19 bits per heavy atom. The van der Waals surface area contributed by atoms with E-state index in [1.165, 1.54) is 18.2 Å². The Hall–Kier alpha value is -3.47. The molecule has 3 aromatic carbocycles. The van der Waals surface area contributed by atoms with Crippen LogP contribution in [0.2, 0.25) is 0 Å². The fourth-order valence-electron chi connectivity index (χ4n) is 2.63. The predicted molar refractivity (Wildman–Crippen MR) is 103 cm³/mol. The van der Waals surface area contributed by atoms with E-state index in [0.29, 0.717) is 23.4 Å². The van der Waals surface area contributed by atoms with Crippen LogP contribution in [-0.2, 0) is 6.54 Å². The highest BCUT2D eigenvalue weighted by Gasteiger charge is 2.10.